The van der Waals surface area contributed by atoms with E-state index in [1.165, 1.54) is 7.11 Å². The number of rotatable bonds is 5. The second-order valence-corrected chi connectivity index (χ2v) is 5.70. The van der Waals surface area contributed by atoms with Gasteiger partial charge in [-0.1, -0.05) is 0 Å². The van der Waals surface area contributed by atoms with E-state index in [2.05, 4.69) is 4.90 Å². The number of hydrogen-bond acceptors (Lipinski definition) is 5. The number of piperidine rings is 1. The maximum atomic E-state index is 11.8. The molecule has 0 aromatic heterocycles. The summed E-state index contributed by atoms with van der Waals surface area (Å²) >= 11 is 0. The first-order valence-electron chi connectivity index (χ1n) is 6.88. The lowest BCUT2D eigenvalue weighted by molar-refractivity contribution is -0.153. The van der Waals surface area contributed by atoms with E-state index >= 15 is 0 Å². The van der Waals surface area contributed by atoms with Gasteiger partial charge in [-0.25, -0.2) is 0 Å². The van der Waals surface area contributed by atoms with Crippen LogP contribution in [0.1, 0.15) is 33.6 Å². The minimum absolute atomic E-state index is 0.0675. The molecule has 0 radical (unpaired) electrons. The molecule has 5 nitrogen and oxygen atoms in total. The molecule has 1 aliphatic heterocycles. The predicted molar refractivity (Wildman–Crippen MR) is 71.6 cm³/mol. The van der Waals surface area contributed by atoms with Crippen LogP contribution in [0.15, 0.2) is 0 Å². The maximum Gasteiger partial charge on any atom is 0.312 e. The van der Waals surface area contributed by atoms with E-state index in [0.29, 0.717) is 19.7 Å². The highest BCUT2D eigenvalue weighted by molar-refractivity contribution is 5.76. The van der Waals surface area contributed by atoms with E-state index in [9.17, 15) is 9.59 Å². The first-order chi connectivity index (χ1) is 8.90. The summed E-state index contributed by atoms with van der Waals surface area (Å²) in [6.07, 6.45) is 1.83. The van der Waals surface area contributed by atoms with Gasteiger partial charge in [0, 0.05) is 13.1 Å². The molecule has 0 aromatic rings. The fourth-order valence-corrected chi connectivity index (χ4v) is 2.55. The van der Waals surface area contributed by atoms with Gasteiger partial charge in [0.15, 0.2) is 0 Å². The number of esters is 2. The summed E-state index contributed by atoms with van der Waals surface area (Å²) in [4.78, 5) is 25.6. The average Bonchev–Trinajstić information content (AvgIpc) is 2.37. The molecule has 0 aliphatic carbocycles. The molecule has 1 aliphatic rings. The minimum atomic E-state index is -0.550. The van der Waals surface area contributed by atoms with Crippen LogP contribution in [0.5, 0.6) is 0 Å². The van der Waals surface area contributed by atoms with Crippen molar-refractivity contribution in [2.45, 2.75) is 33.6 Å². The number of carbonyl (C=O) groups excluding carboxylic acids is 2. The minimum Gasteiger partial charge on any atom is -0.469 e. The molecule has 1 saturated heterocycles. The smallest absolute Gasteiger partial charge is 0.312 e. The Kier molecular flexibility index (Phi) is 5.79. The third-order valence-electron chi connectivity index (χ3n) is 3.48. The monoisotopic (exact) mass is 271 g/mol. The molecule has 0 spiro atoms. The summed E-state index contributed by atoms with van der Waals surface area (Å²) in [6, 6.07) is 0. The molecule has 0 aromatic carbocycles. The van der Waals surface area contributed by atoms with Gasteiger partial charge in [-0.15, -0.1) is 0 Å². The van der Waals surface area contributed by atoms with Gasteiger partial charge in [0.05, 0.1) is 25.0 Å². The molecule has 0 N–H and O–H groups in total. The third kappa shape index (κ3) is 4.49. The Morgan fingerprint density at radius 3 is 2.63 bits per heavy atom. The summed E-state index contributed by atoms with van der Waals surface area (Å²) in [5, 5.41) is 0. The standard InChI is InChI=1S/C14H25NO4/c1-5-19-12(16)11-7-6-8-15(9-11)10-14(2,3)13(17)18-4/h11H,5-10H2,1-4H3/t11-/m1/s1. The summed E-state index contributed by atoms with van der Waals surface area (Å²) in [5.41, 5.74) is -0.550. The number of hydrogen-bond donors (Lipinski definition) is 0. The topological polar surface area (TPSA) is 55.8 Å². The van der Waals surface area contributed by atoms with Crippen LogP contribution in [-0.4, -0.2) is 50.2 Å². The van der Waals surface area contributed by atoms with Gasteiger partial charge in [-0.05, 0) is 40.2 Å². The lowest BCUT2D eigenvalue weighted by Gasteiger charge is -2.35. The number of methoxy groups -OCH3 is 1. The molecule has 1 rings (SSSR count). The van der Waals surface area contributed by atoms with Gasteiger partial charge in [-0.3, -0.25) is 9.59 Å². The SMILES string of the molecule is CCOC(=O)[C@@H]1CCCN(CC(C)(C)C(=O)OC)C1. The van der Waals surface area contributed by atoms with Gasteiger partial charge in [-0.2, -0.15) is 0 Å². The van der Waals surface area contributed by atoms with Crippen LogP contribution < -0.4 is 0 Å². The number of carbonyl (C=O) groups is 2. The van der Waals surface area contributed by atoms with Crippen molar-refractivity contribution < 1.29 is 19.1 Å². The normalized spacial score (nSPS) is 20.9. The largest absolute Gasteiger partial charge is 0.469 e. The Bertz CT molecular complexity index is 327. The fraction of sp³-hybridized carbons (Fsp3) is 0.857. The van der Waals surface area contributed by atoms with Crippen molar-refractivity contribution in [1.29, 1.82) is 0 Å². The van der Waals surface area contributed by atoms with Crippen LogP contribution in [0.3, 0.4) is 0 Å². The van der Waals surface area contributed by atoms with Crippen molar-refractivity contribution >= 4 is 11.9 Å². The van der Waals surface area contributed by atoms with Crippen LogP contribution in [0.4, 0.5) is 0 Å². The van der Waals surface area contributed by atoms with Gasteiger partial charge < -0.3 is 14.4 Å². The van der Waals surface area contributed by atoms with Crippen LogP contribution >= 0.6 is 0 Å². The Balaban J connectivity index is 2.55. The van der Waals surface area contributed by atoms with E-state index in [1.54, 1.807) is 0 Å². The molecule has 0 bridgehead atoms. The van der Waals surface area contributed by atoms with Crippen LogP contribution in [-0.2, 0) is 19.1 Å². The molecule has 0 amide bonds. The van der Waals surface area contributed by atoms with E-state index in [4.69, 9.17) is 9.47 Å². The Labute approximate surface area is 115 Å². The lowest BCUT2D eigenvalue weighted by atomic mass is 9.90. The summed E-state index contributed by atoms with van der Waals surface area (Å²) in [7, 11) is 1.40. The van der Waals surface area contributed by atoms with E-state index in [1.807, 2.05) is 20.8 Å². The maximum absolute atomic E-state index is 11.8. The zero-order chi connectivity index (χ0) is 14.5. The van der Waals surface area contributed by atoms with Crippen LogP contribution in [0, 0.1) is 11.3 Å². The summed E-state index contributed by atoms with van der Waals surface area (Å²) < 4.78 is 9.88. The molecule has 19 heavy (non-hydrogen) atoms. The number of ether oxygens (including phenoxy) is 2. The van der Waals surface area contributed by atoms with Crippen molar-refractivity contribution in [2.75, 3.05) is 33.4 Å². The van der Waals surface area contributed by atoms with Crippen molar-refractivity contribution in [3.05, 3.63) is 0 Å². The van der Waals surface area contributed by atoms with Gasteiger partial charge in [0.1, 0.15) is 0 Å². The molecule has 0 saturated carbocycles. The molecular weight excluding hydrogens is 246 g/mol. The first-order valence-corrected chi connectivity index (χ1v) is 6.88. The lowest BCUT2D eigenvalue weighted by Crippen LogP contribution is -2.46. The number of nitrogens with zero attached hydrogens (tertiary/aromatic N) is 1. The summed E-state index contributed by atoms with van der Waals surface area (Å²) in [5.74, 6) is -0.407. The van der Waals surface area contributed by atoms with E-state index in [0.717, 1.165) is 19.4 Å². The van der Waals surface area contributed by atoms with Crippen molar-refractivity contribution in [3.63, 3.8) is 0 Å². The average molecular weight is 271 g/mol. The van der Waals surface area contributed by atoms with Gasteiger partial charge in [0.2, 0.25) is 0 Å². The van der Waals surface area contributed by atoms with Gasteiger partial charge in [0.25, 0.3) is 0 Å². The third-order valence-corrected chi connectivity index (χ3v) is 3.48. The molecule has 0 unspecified atom stereocenters. The van der Waals surface area contributed by atoms with E-state index in [-0.39, 0.29) is 17.9 Å². The predicted octanol–water partition coefficient (Wildman–Crippen LogP) is 1.46. The van der Waals surface area contributed by atoms with Crippen molar-refractivity contribution in [1.82, 2.24) is 4.90 Å². The second kappa shape index (κ2) is 6.89. The van der Waals surface area contributed by atoms with E-state index < -0.39 is 5.41 Å². The molecule has 5 heteroatoms. The van der Waals surface area contributed by atoms with Crippen LogP contribution in [0.25, 0.3) is 0 Å². The van der Waals surface area contributed by atoms with Gasteiger partial charge >= 0.3 is 11.9 Å². The fourth-order valence-electron chi connectivity index (χ4n) is 2.55. The number of likely N-dealkylation sites (tertiary alicyclic amines) is 1. The highest BCUT2D eigenvalue weighted by Crippen LogP contribution is 2.24. The highest BCUT2D eigenvalue weighted by Gasteiger charge is 2.34. The zero-order valence-corrected chi connectivity index (χ0v) is 12.4. The van der Waals surface area contributed by atoms with Crippen molar-refractivity contribution in [2.24, 2.45) is 11.3 Å². The first kappa shape index (κ1) is 16.0. The molecule has 1 atom stereocenters. The molecule has 110 valence electrons. The van der Waals surface area contributed by atoms with Crippen molar-refractivity contribution in [3.8, 4) is 0 Å². The zero-order valence-electron chi connectivity index (χ0n) is 12.4. The molecular formula is C14H25NO4. The summed E-state index contributed by atoms with van der Waals surface area (Å²) in [6.45, 7) is 8.16. The Morgan fingerprint density at radius 2 is 2.05 bits per heavy atom. The Morgan fingerprint density at radius 1 is 1.37 bits per heavy atom. The second-order valence-electron chi connectivity index (χ2n) is 5.70. The molecule has 1 fully saturated rings. The molecule has 1 heterocycles. The Hall–Kier alpha value is -1.10. The quantitative estimate of drug-likeness (QED) is 0.709. The van der Waals surface area contributed by atoms with Crippen LogP contribution in [0.2, 0.25) is 0 Å². The highest BCUT2D eigenvalue weighted by atomic mass is 16.5.